The monoisotopic (exact) mass is 317 g/mol. The Bertz CT molecular complexity index is 638. The lowest BCUT2D eigenvalue weighted by molar-refractivity contribution is -0.118. The molecule has 0 unspecified atom stereocenters. The first-order valence-electron chi connectivity index (χ1n) is 7.37. The van der Waals surface area contributed by atoms with Crippen molar-refractivity contribution >= 4 is 23.2 Å². The van der Waals surface area contributed by atoms with Crippen molar-refractivity contribution in [3.8, 4) is 5.75 Å². The van der Waals surface area contributed by atoms with Crippen LogP contribution >= 0.6 is 11.6 Å². The lowest BCUT2D eigenvalue weighted by Crippen LogP contribution is -2.20. The molecule has 4 heteroatoms. The maximum atomic E-state index is 11.9. The van der Waals surface area contributed by atoms with Gasteiger partial charge in [-0.2, -0.15) is 0 Å². The van der Waals surface area contributed by atoms with Crippen molar-refractivity contribution in [3.63, 3.8) is 0 Å². The van der Waals surface area contributed by atoms with Gasteiger partial charge in [0.2, 0.25) is 0 Å². The van der Waals surface area contributed by atoms with Gasteiger partial charge in [-0.05, 0) is 48.7 Å². The molecular formula is C18H20ClNO2. The van der Waals surface area contributed by atoms with E-state index in [1.54, 1.807) is 12.1 Å². The molecule has 0 aliphatic heterocycles. The van der Waals surface area contributed by atoms with Gasteiger partial charge in [0.1, 0.15) is 5.75 Å². The van der Waals surface area contributed by atoms with Crippen molar-refractivity contribution in [1.29, 1.82) is 0 Å². The van der Waals surface area contributed by atoms with E-state index in [2.05, 4.69) is 12.2 Å². The summed E-state index contributed by atoms with van der Waals surface area (Å²) in [7, 11) is 0. The van der Waals surface area contributed by atoms with Crippen LogP contribution in [-0.4, -0.2) is 12.5 Å². The molecule has 0 heterocycles. The van der Waals surface area contributed by atoms with E-state index in [0.29, 0.717) is 16.5 Å². The first-order chi connectivity index (χ1) is 10.6. The van der Waals surface area contributed by atoms with Crippen molar-refractivity contribution in [2.75, 3.05) is 11.9 Å². The number of benzene rings is 2. The third kappa shape index (κ3) is 4.50. The van der Waals surface area contributed by atoms with E-state index < -0.39 is 0 Å². The molecule has 1 N–H and O–H groups in total. The molecule has 0 aliphatic rings. The Hall–Kier alpha value is -2.00. The third-order valence-corrected chi connectivity index (χ3v) is 3.78. The molecule has 0 spiro atoms. The Labute approximate surface area is 136 Å². The lowest BCUT2D eigenvalue weighted by atomic mass is 10.1. The normalized spacial score (nSPS) is 10.3. The van der Waals surface area contributed by atoms with Crippen molar-refractivity contribution in [2.45, 2.75) is 26.7 Å². The van der Waals surface area contributed by atoms with E-state index >= 15 is 0 Å². The molecule has 2 rings (SSSR count). The minimum atomic E-state index is -0.206. The largest absolute Gasteiger partial charge is 0.484 e. The Morgan fingerprint density at radius 1 is 1.18 bits per heavy atom. The molecule has 0 atom stereocenters. The Morgan fingerprint density at radius 2 is 1.91 bits per heavy atom. The summed E-state index contributed by atoms with van der Waals surface area (Å²) in [5.74, 6) is 0.487. The number of nitrogens with one attached hydrogen (secondary N) is 1. The molecule has 2 aromatic rings. The minimum Gasteiger partial charge on any atom is -0.484 e. The molecule has 0 aromatic heterocycles. The second-order valence-corrected chi connectivity index (χ2v) is 5.55. The van der Waals surface area contributed by atoms with Crippen LogP contribution in [0.4, 0.5) is 5.69 Å². The summed E-state index contributed by atoms with van der Waals surface area (Å²) < 4.78 is 5.50. The summed E-state index contributed by atoms with van der Waals surface area (Å²) in [5, 5.41) is 3.43. The van der Waals surface area contributed by atoms with Crippen molar-refractivity contribution in [1.82, 2.24) is 0 Å². The lowest BCUT2D eigenvalue weighted by Gasteiger charge is -2.10. The predicted molar refractivity (Wildman–Crippen MR) is 90.8 cm³/mol. The van der Waals surface area contributed by atoms with E-state index in [1.807, 2.05) is 37.3 Å². The van der Waals surface area contributed by atoms with Crippen LogP contribution in [0.1, 0.15) is 24.5 Å². The number of carbonyl (C=O) groups is 1. The van der Waals surface area contributed by atoms with Crippen LogP contribution in [0, 0.1) is 6.92 Å². The van der Waals surface area contributed by atoms with Gasteiger partial charge in [0.25, 0.3) is 5.91 Å². The molecule has 0 fully saturated rings. The highest BCUT2D eigenvalue weighted by Crippen LogP contribution is 2.22. The molecule has 0 bridgehead atoms. The molecule has 0 radical (unpaired) electrons. The molecule has 0 saturated heterocycles. The average molecular weight is 318 g/mol. The molecule has 1 amide bonds. The third-order valence-electron chi connectivity index (χ3n) is 3.37. The highest BCUT2D eigenvalue weighted by Gasteiger charge is 2.07. The smallest absolute Gasteiger partial charge is 0.262 e. The maximum Gasteiger partial charge on any atom is 0.262 e. The zero-order valence-corrected chi connectivity index (χ0v) is 13.6. The molecule has 22 heavy (non-hydrogen) atoms. The van der Waals surface area contributed by atoms with Crippen molar-refractivity contribution < 1.29 is 9.53 Å². The van der Waals surface area contributed by atoms with E-state index in [9.17, 15) is 4.79 Å². The summed E-state index contributed by atoms with van der Waals surface area (Å²) in [5.41, 5.74) is 2.83. The Kier molecular flexibility index (Phi) is 5.84. The van der Waals surface area contributed by atoms with Crippen LogP contribution in [0.25, 0.3) is 0 Å². The van der Waals surface area contributed by atoms with Crippen LogP contribution in [0.2, 0.25) is 5.02 Å². The van der Waals surface area contributed by atoms with Gasteiger partial charge in [0, 0.05) is 10.7 Å². The van der Waals surface area contributed by atoms with E-state index in [1.165, 1.54) is 5.56 Å². The maximum absolute atomic E-state index is 11.9. The van der Waals surface area contributed by atoms with Crippen LogP contribution in [0.15, 0.2) is 42.5 Å². The van der Waals surface area contributed by atoms with Gasteiger partial charge in [0.15, 0.2) is 6.61 Å². The van der Waals surface area contributed by atoms with Gasteiger partial charge in [-0.15, -0.1) is 0 Å². The second kappa shape index (κ2) is 7.85. The average Bonchev–Trinajstić information content (AvgIpc) is 2.51. The van der Waals surface area contributed by atoms with Crippen LogP contribution in [-0.2, 0) is 11.2 Å². The fraction of sp³-hybridized carbons (Fsp3) is 0.278. The quantitative estimate of drug-likeness (QED) is 0.844. The first kappa shape index (κ1) is 16.4. The number of anilines is 1. The topological polar surface area (TPSA) is 38.3 Å². The Morgan fingerprint density at radius 3 is 2.59 bits per heavy atom. The number of carbonyl (C=O) groups excluding carboxylic acids is 1. The number of halogens is 1. The molecule has 0 aliphatic carbocycles. The van der Waals surface area contributed by atoms with Gasteiger partial charge < -0.3 is 10.1 Å². The van der Waals surface area contributed by atoms with Crippen LogP contribution < -0.4 is 10.1 Å². The van der Waals surface area contributed by atoms with Gasteiger partial charge >= 0.3 is 0 Å². The zero-order valence-electron chi connectivity index (χ0n) is 12.9. The standard InChI is InChI=1S/C18H20ClNO2/c1-3-5-14-8-10-15(11-9-14)22-12-18(21)20-17-7-4-6-16(19)13(17)2/h4,6-11H,3,5,12H2,1-2H3,(H,20,21). The number of hydrogen-bond acceptors (Lipinski definition) is 2. The fourth-order valence-electron chi connectivity index (χ4n) is 2.12. The number of ether oxygens (including phenoxy) is 1. The summed E-state index contributed by atoms with van der Waals surface area (Å²) >= 11 is 6.03. The van der Waals surface area contributed by atoms with Crippen molar-refractivity contribution in [2.24, 2.45) is 0 Å². The predicted octanol–water partition coefficient (Wildman–Crippen LogP) is 4.62. The molecule has 3 nitrogen and oxygen atoms in total. The number of hydrogen-bond donors (Lipinski definition) is 1. The molecule has 116 valence electrons. The van der Waals surface area contributed by atoms with Gasteiger partial charge in [-0.3, -0.25) is 4.79 Å². The molecule has 2 aromatic carbocycles. The van der Waals surface area contributed by atoms with Crippen LogP contribution in [0.5, 0.6) is 5.75 Å². The summed E-state index contributed by atoms with van der Waals surface area (Å²) in [6.45, 7) is 3.98. The van der Waals surface area contributed by atoms with Gasteiger partial charge in [-0.1, -0.05) is 43.1 Å². The number of aryl methyl sites for hydroxylation is 1. The van der Waals surface area contributed by atoms with E-state index in [0.717, 1.165) is 18.4 Å². The highest BCUT2D eigenvalue weighted by atomic mass is 35.5. The molecule has 0 saturated carbocycles. The highest BCUT2D eigenvalue weighted by molar-refractivity contribution is 6.31. The first-order valence-corrected chi connectivity index (χ1v) is 7.74. The SMILES string of the molecule is CCCc1ccc(OCC(=O)Nc2cccc(Cl)c2C)cc1. The van der Waals surface area contributed by atoms with Crippen LogP contribution in [0.3, 0.4) is 0 Å². The minimum absolute atomic E-state index is 0.0287. The van der Waals surface area contributed by atoms with E-state index in [-0.39, 0.29) is 12.5 Å². The molecular weight excluding hydrogens is 298 g/mol. The summed E-state index contributed by atoms with van der Waals surface area (Å²) in [6, 6.07) is 13.2. The zero-order chi connectivity index (χ0) is 15.9. The Balaban J connectivity index is 1.88. The summed E-state index contributed by atoms with van der Waals surface area (Å²) in [6.07, 6.45) is 2.16. The van der Waals surface area contributed by atoms with E-state index in [4.69, 9.17) is 16.3 Å². The van der Waals surface area contributed by atoms with Gasteiger partial charge in [0.05, 0.1) is 0 Å². The fourth-order valence-corrected chi connectivity index (χ4v) is 2.29. The number of amides is 1. The number of rotatable bonds is 6. The van der Waals surface area contributed by atoms with Crippen molar-refractivity contribution in [3.05, 3.63) is 58.6 Å². The van der Waals surface area contributed by atoms with Gasteiger partial charge in [-0.25, -0.2) is 0 Å². The second-order valence-electron chi connectivity index (χ2n) is 5.14. The summed E-state index contributed by atoms with van der Waals surface area (Å²) in [4.78, 5) is 11.9.